The van der Waals surface area contributed by atoms with Crippen molar-refractivity contribution in [2.75, 3.05) is 16.4 Å². The summed E-state index contributed by atoms with van der Waals surface area (Å²) in [6.07, 6.45) is 0. The van der Waals surface area contributed by atoms with Gasteiger partial charge >= 0.3 is 6.03 Å². The minimum atomic E-state index is -0.360. The third-order valence-electron chi connectivity index (χ3n) is 3.79. The van der Waals surface area contributed by atoms with Crippen molar-refractivity contribution in [2.45, 2.75) is 20.8 Å². The van der Waals surface area contributed by atoms with Gasteiger partial charge in [-0.1, -0.05) is 6.07 Å². The Morgan fingerprint density at radius 2 is 1.62 bits per heavy atom. The van der Waals surface area contributed by atoms with Crippen LogP contribution in [0.25, 0.3) is 11.0 Å². The number of carbonyl (C=O) groups excluding carboxylic acids is 1. The Hall–Kier alpha value is -3.15. The highest BCUT2D eigenvalue weighted by atomic mass is 16.2. The van der Waals surface area contributed by atoms with E-state index in [0.717, 1.165) is 28.0 Å². The molecule has 3 rings (SSSR count). The molecule has 4 N–H and O–H groups in total. The van der Waals surface area contributed by atoms with E-state index in [1.165, 1.54) is 0 Å². The number of benzene rings is 2. The molecule has 24 heavy (non-hydrogen) atoms. The number of amides is 2. The van der Waals surface area contributed by atoms with Gasteiger partial charge in [0.1, 0.15) is 0 Å². The van der Waals surface area contributed by atoms with Crippen LogP contribution in [0.4, 0.5) is 21.9 Å². The van der Waals surface area contributed by atoms with Crippen molar-refractivity contribution < 1.29 is 4.79 Å². The van der Waals surface area contributed by atoms with Gasteiger partial charge in [-0.2, -0.15) is 0 Å². The number of hydrogen-bond acceptors (Lipinski definition) is 4. The number of carbonyl (C=O) groups is 1. The number of nitrogens with one attached hydrogen (secondary N) is 2. The van der Waals surface area contributed by atoms with E-state index in [-0.39, 0.29) is 6.03 Å². The zero-order chi connectivity index (χ0) is 17.3. The fraction of sp³-hybridized carbons (Fsp3) is 0.167. The maximum absolute atomic E-state index is 12.2. The van der Waals surface area contributed by atoms with Gasteiger partial charge in [-0.05, 0) is 56.7 Å². The zero-order valence-corrected chi connectivity index (χ0v) is 13.8. The molecule has 0 radical (unpaired) electrons. The van der Waals surface area contributed by atoms with Gasteiger partial charge in [0.05, 0.1) is 33.8 Å². The van der Waals surface area contributed by atoms with Crippen LogP contribution in [0.5, 0.6) is 0 Å². The van der Waals surface area contributed by atoms with Crippen LogP contribution in [0.15, 0.2) is 36.4 Å². The van der Waals surface area contributed by atoms with Crippen LogP contribution in [0.3, 0.4) is 0 Å². The summed E-state index contributed by atoms with van der Waals surface area (Å²) in [5, 5.41) is 5.53. The van der Waals surface area contributed by atoms with Gasteiger partial charge in [-0.15, -0.1) is 0 Å². The van der Waals surface area contributed by atoms with Crippen molar-refractivity contribution >= 4 is 34.1 Å². The number of nitrogens with zero attached hydrogens (tertiary/aromatic N) is 2. The van der Waals surface area contributed by atoms with E-state index >= 15 is 0 Å². The molecule has 1 heterocycles. The molecule has 2 amide bonds. The quantitative estimate of drug-likeness (QED) is 0.626. The van der Waals surface area contributed by atoms with Crippen LogP contribution >= 0.6 is 0 Å². The summed E-state index contributed by atoms with van der Waals surface area (Å²) in [6.45, 7) is 5.78. The first-order valence-electron chi connectivity index (χ1n) is 7.61. The molecule has 0 spiro atoms. The Kier molecular flexibility index (Phi) is 4.04. The second-order valence-electron chi connectivity index (χ2n) is 5.77. The molecule has 0 aliphatic heterocycles. The third-order valence-corrected chi connectivity index (χ3v) is 3.79. The third kappa shape index (κ3) is 3.27. The van der Waals surface area contributed by atoms with Crippen LogP contribution < -0.4 is 16.4 Å². The molecule has 6 nitrogen and oxygen atoms in total. The lowest BCUT2D eigenvalue weighted by atomic mass is 10.2. The largest absolute Gasteiger partial charge is 0.397 e. The van der Waals surface area contributed by atoms with Gasteiger partial charge in [0.25, 0.3) is 0 Å². The minimum Gasteiger partial charge on any atom is -0.397 e. The summed E-state index contributed by atoms with van der Waals surface area (Å²) < 4.78 is 0. The van der Waals surface area contributed by atoms with Gasteiger partial charge in [0, 0.05) is 5.69 Å². The zero-order valence-electron chi connectivity index (χ0n) is 13.8. The van der Waals surface area contributed by atoms with E-state index in [1.807, 2.05) is 39.0 Å². The second kappa shape index (κ2) is 6.16. The Bertz CT molecular complexity index is 936. The number of nitrogens with two attached hydrogens (primary N) is 1. The topological polar surface area (TPSA) is 92.9 Å². The fourth-order valence-corrected chi connectivity index (χ4v) is 2.39. The van der Waals surface area contributed by atoms with Gasteiger partial charge < -0.3 is 16.4 Å². The predicted octanol–water partition coefficient (Wildman–Crippen LogP) is 3.78. The number of aromatic nitrogens is 2. The van der Waals surface area contributed by atoms with Crippen LogP contribution in [-0.2, 0) is 0 Å². The summed E-state index contributed by atoms with van der Waals surface area (Å²) in [7, 11) is 0. The van der Waals surface area contributed by atoms with E-state index < -0.39 is 0 Å². The molecule has 0 saturated heterocycles. The van der Waals surface area contributed by atoms with Crippen LogP contribution in [0.2, 0.25) is 0 Å². The Morgan fingerprint density at radius 1 is 0.917 bits per heavy atom. The molecule has 0 fully saturated rings. The highest BCUT2D eigenvalue weighted by Crippen LogP contribution is 2.21. The molecule has 0 saturated carbocycles. The standard InChI is InChI=1S/C18H19N5O/c1-10-4-6-15(14(19)8-10)23-18(24)22-13-5-7-16-17(9-13)21-12(3)11(2)20-16/h4-9H,19H2,1-3H3,(H2,22,23,24). The SMILES string of the molecule is Cc1ccc(NC(=O)Nc2ccc3nc(C)c(C)nc3c2)c(N)c1. The average molecular weight is 321 g/mol. The molecule has 1 aromatic heterocycles. The summed E-state index contributed by atoms with van der Waals surface area (Å²) in [4.78, 5) is 21.1. The molecular weight excluding hydrogens is 302 g/mol. The molecule has 0 atom stereocenters. The highest BCUT2D eigenvalue weighted by Gasteiger charge is 2.07. The van der Waals surface area contributed by atoms with E-state index in [2.05, 4.69) is 20.6 Å². The number of hydrogen-bond donors (Lipinski definition) is 3. The number of nitrogen functional groups attached to an aromatic ring is 1. The first-order valence-corrected chi connectivity index (χ1v) is 7.61. The monoisotopic (exact) mass is 321 g/mol. The van der Waals surface area contributed by atoms with Gasteiger partial charge in [-0.3, -0.25) is 0 Å². The average Bonchev–Trinajstić information content (AvgIpc) is 2.51. The van der Waals surface area contributed by atoms with Crippen molar-refractivity contribution in [1.82, 2.24) is 9.97 Å². The minimum absolute atomic E-state index is 0.360. The Balaban J connectivity index is 1.78. The lowest BCUT2D eigenvalue weighted by Gasteiger charge is -2.11. The molecule has 0 unspecified atom stereocenters. The molecule has 3 aromatic rings. The van der Waals surface area contributed by atoms with E-state index in [4.69, 9.17) is 5.73 Å². The van der Waals surface area contributed by atoms with Gasteiger partial charge in [0.2, 0.25) is 0 Å². The molecule has 0 aliphatic carbocycles. The number of aryl methyl sites for hydroxylation is 3. The lowest BCUT2D eigenvalue weighted by Crippen LogP contribution is -2.20. The van der Waals surface area contributed by atoms with Crippen molar-refractivity contribution in [3.63, 3.8) is 0 Å². The maximum Gasteiger partial charge on any atom is 0.323 e. The summed E-state index contributed by atoms with van der Waals surface area (Å²) in [5.41, 5.74) is 12.0. The number of rotatable bonds is 2. The number of fused-ring (bicyclic) bond motifs is 1. The predicted molar refractivity (Wildman–Crippen MR) is 97.2 cm³/mol. The molecule has 122 valence electrons. The van der Waals surface area contributed by atoms with Gasteiger partial charge in [0.15, 0.2) is 0 Å². The Labute approximate surface area is 140 Å². The molecule has 2 aromatic carbocycles. The lowest BCUT2D eigenvalue weighted by molar-refractivity contribution is 0.262. The summed E-state index contributed by atoms with van der Waals surface area (Å²) in [6, 6.07) is 10.6. The summed E-state index contributed by atoms with van der Waals surface area (Å²) >= 11 is 0. The number of anilines is 3. The van der Waals surface area contributed by atoms with Crippen LogP contribution in [0, 0.1) is 20.8 Å². The fourth-order valence-electron chi connectivity index (χ4n) is 2.39. The smallest absolute Gasteiger partial charge is 0.323 e. The highest BCUT2D eigenvalue weighted by molar-refractivity contribution is 6.02. The van der Waals surface area contributed by atoms with Gasteiger partial charge in [-0.25, -0.2) is 14.8 Å². The van der Waals surface area contributed by atoms with Crippen molar-refractivity contribution in [3.8, 4) is 0 Å². The Morgan fingerprint density at radius 3 is 2.33 bits per heavy atom. The molecule has 0 bridgehead atoms. The normalized spacial score (nSPS) is 10.6. The van der Waals surface area contributed by atoms with Crippen LogP contribution in [-0.4, -0.2) is 16.0 Å². The molecule has 0 aliphatic rings. The first kappa shape index (κ1) is 15.7. The second-order valence-corrected chi connectivity index (χ2v) is 5.77. The van der Waals surface area contributed by atoms with Crippen LogP contribution in [0.1, 0.15) is 17.0 Å². The number of urea groups is 1. The molecule has 6 heteroatoms. The summed E-state index contributed by atoms with van der Waals surface area (Å²) in [5.74, 6) is 0. The van der Waals surface area contributed by atoms with Crippen molar-refractivity contribution in [2.24, 2.45) is 0 Å². The first-order chi connectivity index (χ1) is 11.4. The van der Waals surface area contributed by atoms with Crippen molar-refractivity contribution in [3.05, 3.63) is 53.3 Å². The van der Waals surface area contributed by atoms with E-state index in [0.29, 0.717) is 17.1 Å². The maximum atomic E-state index is 12.2. The van der Waals surface area contributed by atoms with E-state index in [9.17, 15) is 4.79 Å². The molecular formula is C18H19N5O. The van der Waals surface area contributed by atoms with Crippen molar-refractivity contribution in [1.29, 1.82) is 0 Å². The van der Waals surface area contributed by atoms with E-state index in [1.54, 1.807) is 18.2 Å².